The van der Waals surface area contributed by atoms with Crippen molar-refractivity contribution >= 4 is 44.0 Å². The van der Waals surface area contributed by atoms with Crippen molar-refractivity contribution in [2.24, 2.45) is 0 Å². The van der Waals surface area contributed by atoms with E-state index in [1.807, 2.05) is 0 Å². The van der Waals surface area contributed by atoms with Gasteiger partial charge < -0.3 is 30.6 Å². The molecule has 0 fully saturated rings. The van der Waals surface area contributed by atoms with Crippen LogP contribution in [0.5, 0.6) is 11.5 Å². The molecule has 15 heteroatoms. The van der Waals surface area contributed by atoms with Crippen LogP contribution in [0.3, 0.4) is 0 Å². The molecule has 4 rings (SSSR count). The minimum Gasteiger partial charge on any atom is -0.490 e. The first-order chi connectivity index (χ1) is 22.6. The highest BCUT2D eigenvalue weighted by Gasteiger charge is 2.52. The Morgan fingerprint density at radius 3 is 2.38 bits per heavy atom. The van der Waals surface area contributed by atoms with Gasteiger partial charge in [0.15, 0.2) is 21.3 Å². The first-order valence-corrected chi connectivity index (χ1v) is 16.5. The lowest BCUT2D eigenvalue weighted by molar-refractivity contribution is -0.213. The third-order valence-electron chi connectivity index (χ3n) is 7.05. The second-order valence-electron chi connectivity index (χ2n) is 10.8. The van der Waals surface area contributed by atoms with E-state index in [9.17, 15) is 31.2 Å². The van der Waals surface area contributed by atoms with Gasteiger partial charge in [-0.05, 0) is 80.3 Å². The van der Waals surface area contributed by atoms with Gasteiger partial charge in [0.1, 0.15) is 5.82 Å². The van der Waals surface area contributed by atoms with E-state index in [4.69, 9.17) is 19.9 Å². The van der Waals surface area contributed by atoms with Crippen molar-refractivity contribution in [3.63, 3.8) is 0 Å². The number of amides is 1. The number of pyridine rings is 1. The van der Waals surface area contributed by atoms with Gasteiger partial charge in [-0.2, -0.15) is 13.2 Å². The number of benzene rings is 3. The molecule has 256 valence electrons. The molecule has 1 aromatic heterocycles. The molecule has 48 heavy (non-hydrogen) atoms. The second kappa shape index (κ2) is 14.4. The molecule has 1 heterocycles. The largest absolute Gasteiger partial charge is 0.491 e. The summed E-state index contributed by atoms with van der Waals surface area (Å²) in [5.74, 6) is -3.69. The number of carbonyl (C=O) groups excluding carboxylic acids is 2. The van der Waals surface area contributed by atoms with Crippen molar-refractivity contribution in [2.45, 2.75) is 57.1 Å². The van der Waals surface area contributed by atoms with Gasteiger partial charge in [0.2, 0.25) is 0 Å². The Kier molecular flexibility index (Phi) is 10.7. The number of halogens is 3. The number of ether oxygens (including phenoxy) is 3. The molecule has 11 nitrogen and oxygen atoms in total. The lowest BCUT2D eigenvalue weighted by atomic mass is 9.99. The van der Waals surface area contributed by atoms with Gasteiger partial charge in [0.25, 0.3) is 11.6 Å². The summed E-state index contributed by atoms with van der Waals surface area (Å²) in [6.07, 6.45) is -4.40. The summed E-state index contributed by atoms with van der Waals surface area (Å²) >= 11 is 0. The number of alkyl halides is 3. The number of rotatable bonds is 13. The number of hydrogen-bond donors (Lipinski definition) is 3. The van der Waals surface area contributed by atoms with E-state index in [1.165, 1.54) is 67.7 Å². The molecular formula is C33H35F3N4O7S. The topological polar surface area (TPSA) is 159 Å². The van der Waals surface area contributed by atoms with E-state index in [2.05, 4.69) is 15.6 Å². The number of fused-ring (bicyclic) bond motifs is 1. The highest BCUT2D eigenvalue weighted by atomic mass is 32.2. The number of nitrogen functional groups attached to an aromatic ring is 1. The second-order valence-corrected chi connectivity index (χ2v) is 13.0. The fourth-order valence-electron chi connectivity index (χ4n) is 4.83. The molecule has 0 bridgehead atoms. The van der Waals surface area contributed by atoms with E-state index in [-0.39, 0.29) is 57.5 Å². The molecular weight excluding hydrogens is 653 g/mol. The maximum absolute atomic E-state index is 14.3. The molecule has 0 saturated carbocycles. The minimum absolute atomic E-state index is 0.0578. The van der Waals surface area contributed by atoms with Gasteiger partial charge in [0, 0.05) is 29.4 Å². The minimum atomic E-state index is -5.51. The maximum Gasteiger partial charge on any atom is 0.491 e. The zero-order chi connectivity index (χ0) is 35.3. The predicted molar refractivity (Wildman–Crippen MR) is 173 cm³/mol. The molecule has 1 unspecified atom stereocenters. The number of anilines is 2. The van der Waals surface area contributed by atoms with Crippen molar-refractivity contribution in [2.75, 3.05) is 23.4 Å². The van der Waals surface area contributed by atoms with Crippen LogP contribution < -0.4 is 25.8 Å². The molecule has 1 atom stereocenters. The zero-order valence-electron chi connectivity index (χ0n) is 26.6. The number of carbonyl (C=O) groups is 2. The summed E-state index contributed by atoms with van der Waals surface area (Å²) in [7, 11) is -3.75. The van der Waals surface area contributed by atoms with E-state index >= 15 is 0 Å². The number of aromatic nitrogens is 1. The van der Waals surface area contributed by atoms with Crippen LogP contribution >= 0.6 is 0 Å². The average molecular weight is 689 g/mol. The Hall–Kier alpha value is -5.05. The molecule has 4 aromatic rings. The lowest BCUT2D eigenvalue weighted by Crippen LogP contribution is -2.54. The number of nitrogens with zero attached hydrogens (tertiary/aromatic N) is 1. The fourth-order valence-corrected chi connectivity index (χ4v) is 5.96. The van der Waals surface area contributed by atoms with Crippen LogP contribution in [0.2, 0.25) is 0 Å². The highest BCUT2D eigenvalue weighted by Crippen LogP contribution is 2.38. The van der Waals surface area contributed by atoms with Crippen LogP contribution in [0.25, 0.3) is 10.8 Å². The number of hydrogen-bond acceptors (Lipinski definition) is 10. The van der Waals surface area contributed by atoms with Gasteiger partial charge >= 0.3 is 12.1 Å². The first kappa shape index (κ1) is 35.8. The van der Waals surface area contributed by atoms with Crippen molar-refractivity contribution < 1.29 is 45.4 Å². The number of nitrogens with one attached hydrogen (secondary N) is 2. The number of esters is 1. The fraction of sp³-hybridized carbons (Fsp3) is 0.303. The highest BCUT2D eigenvalue weighted by molar-refractivity contribution is 7.91. The smallest absolute Gasteiger partial charge is 0.490 e. The molecule has 0 aliphatic heterocycles. The van der Waals surface area contributed by atoms with Crippen LogP contribution in [0.15, 0.2) is 77.8 Å². The summed E-state index contributed by atoms with van der Waals surface area (Å²) < 4.78 is 83.7. The monoisotopic (exact) mass is 688 g/mol. The van der Waals surface area contributed by atoms with Crippen molar-refractivity contribution in [1.29, 1.82) is 0 Å². The quantitative estimate of drug-likeness (QED) is 0.121. The van der Waals surface area contributed by atoms with Crippen LogP contribution in [-0.2, 0) is 36.4 Å². The summed E-state index contributed by atoms with van der Waals surface area (Å²) in [6.45, 7) is 6.31. The van der Waals surface area contributed by atoms with Gasteiger partial charge in [-0.3, -0.25) is 4.79 Å². The van der Waals surface area contributed by atoms with Crippen LogP contribution in [0, 0.1) is 0 Å². The van der Waals surface area contributed by atoms with Gasteiger partial charge in [-0.15, -0.1) is 0 Å². The van der Waals surface area contributed by atoms with Crippen LogP contribution in [0.1, 0.15) is 38.8 Å². The maximum atomic E-state index is 14.3. The first-order valence-electron chi connectivity index (χ1n) is 14.9. The Bertz CT molecular complexity index is 1920. The molecule has 3 aromatic carbocycles. The van der Waals surface area contributed by atoms with Gasteiger partial charge in [0.05, 0.1) is 23.4 Å². The third kappa shape index (κ3) is 7.90. The SMILES string of the molecule is CCOc1cc(C(Nc2ccc3c(N)nccc3c2)(OC(=O)C(F)(F)F)C(=O)NCc2ccccc2S(=O)(=O)CC)ccc1OC(C)C. The molecule has 0 saturated heterocycles. The van der Waals surface area contributed by atoms with E-state index in [0.717, 1.165) is 0 Å². The predicted octanol–water partition coefficient (Wildman–Crippen LogP) is 5.48. The average Bonchev–Trinajstić information content (AvgIpc) is 3.03. The van der Waals surface area contributed by atoms with E-state index in [0.29, 0.717) is 10.8 Å². The van der Waals surface area contributed by atoms with Crippen LogP contribution in [-0.4, -0.2) is 49.9 Å². The van der Waals surface area contributed by atoms with Gasteiger partial charge in [-0.25, -0.2) is 18.2 Å². The summed E-state index contributed by atoms with van der Waals surface area (Å²) in [5, 5.41) is 6.23. The summed E-state index contributed by atoms with van der Waals surface area (Å²) in [6, 6.07) is 15.8. The standard InChI is InChI=1S/C33H35F3N4O7S/c1-5-45-27-18-23(11-14-26(27)46-20(3)4)32(47-31(42)33(34,35)36,40-24-12-13-25-21(17-24)15-16-38-29(25)37)30(41)39-19-22-9-7-8-10-28(22)48(43,44)6-2/h7-18,20,40H,5-6,19H2,1-4H3,(H2,37,38)(H,39,41). The Morgan fingerprint density at radius 1 is 0.979 bits per heavy atom. The lowest BCUT2D eigenvalue weighted by Gasteiger charge is -2.35. The van der Waals surface area contributed by atoms with Crippen molar-refractivity contribution in [3.05, 3.63) is 84.1 Å². The van der Waals surface area contributed by atoms with Crippen LogP contribution in [0.4, 0.5) is 24.7 Å². The van der Waals surface area contributed by atoms with E-state index < -0.39 is 40.2 Å². The normalized spacial score (nSPS) is 13.1. The Morgan fingerprint density at radius 2 is 1.71 bits per heavy atom. The van der Waals surface area contributed by atoms with Gasteiger partial charge in [-0.1, -0.05) is 25.1 Å². The van der Waals surface area contributed by atoms with Crippen molar-refractivity contribution in [1.82, 2.24) is 10.3 Å². The van der Waals surface area contributed by atoms with E-state index in [1.54, 1.807) is 32.9 Å². The molecule has 1 amide bonds. The number of sulfone groups is 1. The molecule has 0 spiro atoms. The zero-order valence-corrected chi connectivity index (χ0v) is 27.4. The Balaban J connectivity index is 1.93. The van der Waals surface area contributed by atoms with Crippen molar-refractivity contribution in [3.8, 4) is 11.5 Å². The Labute approximate surface area is 275 Å². The molecule has 4 N–H and O–H groups in total. The number of nitrogens with two attached hydrogens (primary N) is 1. The molecule has 0 radical (unpaired) electrons. The molecule has 0 aliphatic carbocycles. The third-order valence-corrected chi connectivity index (χ3v) is 8.88. The summed E-state index contributed by atoms with van der Waals surface area (Å²) in [5.41, 5.74) is 3.04. The summed E-state index contributed by atoms with van der Waals surface area (Å²) in [4.78, 5) is 30.9. The molecule has 0 aliphatic rings.